The molecule has 0 saturated heterocycles. The van der Waals surface area contributed by atoms with Gasteiger partial charge in [-0.2, -0.15) is 0 Å². The lowest BCUT2D eigenvalue weighted by molar-refractivity contribution is 0.0600. The largest absolute Gasteiger partial charge is 0.465 e. The van der Waals surface area contributed by atoms with Crippen LogP contribution in [0.4, 0.5) is 5.69 Å². The number of oxazole rings is 1. The van der Waals surface area contributed by atoms with E-state index in [2.05, 4.69) is 34.1 Å². The minimum absolute atomic E-state index is 0.353. The van der Waals surface area contributed by atoms with Crippen LogP contribution in [0.25, 0.3) is 11.5 Å². The van der Waals surface area contributed by atoms with Crippen LogP contribution in [0.5, 0.6) is 0 Å². The summed E-state index contributed by atoms with van der Waals surface area (Å²) in [5.74, 6) is 1.04. The number of nitrogens with zero attached hydrogens (tertiary/aromatic N) is 2. The van der Waals surface area contributed by atoms with Crippen molar-refractivity contribution in [2.45, 2.75) is 19.9 Å². The van der Waals surface area contributed by atoms with Crippen molar-refractivity contribution < 1.29 is 13.9 Å². The summed E-state index contributed by atoms with van der Waals surface area (Å²) in [5.41, 5.74) is 4.95. The minimum atomic E-state index is -0.353. The molecule has 1 aliphatic heterocycles. The van der Waals surface area contributed by atoms with Crippen molar-refractivity contribution in [3.05, 3.63) is 71.1 Å². The summed E-state index contributed by atoms with van der Waals surface area (Å²) in [4.78, 5) is 18.6. The Morgan fingerprint density at radius 1 is 1.19 bits per heavy atom. The van der Waals surface area contributed by atoms with Crippen molar-refractivity contribution in [3.8, 4) is 11.5 Å². The van der Waals surface area contributed by atoms with E-state index in [1.54, 1.807) is 12.1 Å². The number of hydrogen-bond acceptors (Lipinski definition) is 5. The quantitative estimate of drug-likeness (QED) is 0.667. The SMILES string of the molecule is COC(=O)c1ccc(-c2nc(CN3CCc4ccccc43)c(C)o2)cc1. The molecule has 0 amide bonds. The average molecular weight is 348 g/mol. The number of rotatable bonds is 4. The van der Waals surface area contributed by atoms with Gasteiger partial charge >= 0.3 is 5.97 Å². The molecule has 0 fully saturated rings. The number of carbonyl (C=O) groups is 1. The molecule has 3 aromatic rings. The number of fused-ring (bicyclic) bond motifs is 1. The molecular weight excluding hydrogens is 328 g/mol. The highest BCUT2D eigenvalue weighted by molar-refractivity contribution is 5.89. The van der Waals surface area contributed by atoms with Gasteiger partial charge in [0.2, 0.25) is 5.89 Å². The fraction of sp³-hybridized carbons (Fsp3) is 0.238. The third-order valence-electron chi connectivity index (χ3n) is 4.77. The Balaban J connectivity index is 1.56. The third kappa shape index (κ3) is 2.96. The molecule has 132 valence electrons. The third-order valence-corrected chi connectivity index (χ3v) is 4.77. The highest BCUT2D eigenvalue weighted by Gasteiger charge is 2.21. The van der Waals surface area contributed by atoms with Gasteiger partial charge in [0.15, 0.2) is 0 Å². The summed E-state index contributed by atoms with van der Waals surface area (Å²) in [7, 11) is 1.37. The number of hydrogen-bond donors (Lipinski definition) is 0. The van der Waals surface area contributed by atoms with Crippen LogP contribution in [0.1, 0.15) is 27.4 Å². The lowest BCUT2D eigenvalue weighted by Gasteiger charge is -2.17. The fourth-order valence-electron chi connectivity index (χ4n) is 3.32. The molecule has 5 heteroatoms. The number of ether oxygens (including phenoxy) is 1. The minimum Gasteiger partial charge on any atom is -0.465 e. The molecular formula is C21H20N2O3. The maximum Gasteiger partial charge on any atom is 0.337 e. The van der Waals surface area contributed by atoms with E-state index in [9.17, 15) is 4.79 Å². The van der Waals surface area contributed by atoms with E-state index < -0.39 is 0 Å². The average Bonchev–Trinajstić information content (AvgIpc) is 3.26. The molecule has 0 saturated carbocycles. The predicted molar refractivity (Wildman–Crippen MR) is 99.2 cm³/mol. The highest BCUT2D eigenvalue weighted by atomic mass is 16.5. The number of para-hydroxylation sites is 1. The summed E-state index contributed by atoms with van der Waals surface area (Å²) < 4.78 is 10.6. The van der Waals surface area contributed by atoms with Gasteiger partial charge in [0.1, 0.15) is 11.5 Å². The van der Waals surface area contributed by atoms with E-state index >= 15 is 0 Å². The molecule has 0 radical (unpaired) electrons. The zero-order valence-corrected chi connectivity index (χ0v) is 14.9. The molecule has 2 aromatic carbocycles. The van der Waals surface area contributed by atoms with Gasteiger partial charge in [0.05, 0.1) is 19.2 Å². The molecule has 0 atom stereocenters. The lowest BCUT2D eigenvalue weighted by Crippen LogP contribution is -2.20. The number of aromatic nitrogens is 1. The van der Waals surface area contributed by atoms with Crippen LogP contribution in [-0.4, -0.2) is 24.6 Å². The number of benzene rings is 2. The lowest BCUT2D eigenvalue weighted by atomic mass is 10.1. The second-order valence-electron chi connectivity index (χ2n) is 6.39. The Kier molecular flexibility index (Phi) is 4.21. The maximum atomic E-state index is 11.5. The van der Waals surface area contributed by atoms with Gasteiger partial charge in [-0.05, 0) is 49.2 Å². The van der Waals surface area contributed by atoms with Crippen LogP contribution in [0.15, 0.2) is 52.9 Å². The van der Waals surface area contributed by atoms with Gasteiger partial charge in [0.25, 0.3) is 0 Å². The van der Waals surface area contributed by atoms with Crippen molar-refractivity contribution in [2.24, 2.45) is 0 Å². The molecule has 4 rings (SSSR count). The van der Waals surface area contributed by atoms with Gasteiger partial charge in [0, 0.05) is 17.8 Å². The second kappa shape index (κ2) is 6.67. The van der Waals surface area contributed by atoms with Gasteiger partial charge < -0.3 is 14.1 Å². The van der Waals surface area contributed by atoms with E-state index in [1.165, 1.54) is 18.4 Å². The molecule has 0 unspecified atom stereocenters. The van der Waals surface area contributed by atoms with Gasteiger partial charge in [-0.15, -0.1) is 0 Å². The van der Waals surface area contributed by atoms with E-state index in [0.717, 1.165) is 36.5 Å². The second-order valence-corrected chi connectivity index (χ2v) is 6.39. The fourth-order valence-corrected chi connectivity index (χ4v) is 3.32. The smallest absolute Gasteiger partial charge is 0.337 e. The molecule has 1 aliphatic rings. The molecule has 0 aliphatic carbocycles. The first kappa shape index (κ1) is 16.4. The Morgan fingerprint density at radius 2 is 1.96 bits per heavy atom. The Labute approximate surface area is 152 Å². The van der Waals surface area contributed by atoms with Crippen molar-refractivity contribution in [1.82, 2.24) is 4.98 Å². The monoisotopic (exact) mass is 348 g/mol. The predicted octanol–water partition coefficient (Wildman–Crippen LogP) is 4.00. The van der Waals surface area contributed by atoms with Gasteiger partial charge in [-0.25, -0.2) is 9.78 Å². The summed E-state index contributed by atoms with van der Waals surface area (Å²) in [6.07, 6.45) is 1.06. The summed E-state index contributed by atoms with van der Waals surface area (Å²) in [5, 5.41) is 0. The number of aryl methyl sites for hydroxylation is 1. The maximum absolute atomic E-state index is 11.5. The van der Waals surface area contributed by atoms with Crippen molar-refractivity contribution in [2.75, 3.05) is 18.6 Å². The van der Waals surface area contributed by atoms with E-state index in [4.69, 9.17) is 9.15 Å². The highest BCUT2D eigenvalue weighted by Crippen LogP contribution is 2.30. The van der Waals surface area contributed by atoms with Crippen molar-refractivity contribution >= 4 is 11.7 Å². The molecule has 26 heavy (non-hydrogen) atoms. The van der Waals surface area contributed by atoms with Crippen LogP contribution >= 0.6 is 0 Å². The molecule has 5 nitrogen and oxygen atoms in total. The van der Waals surface area contributed by atoms with Crippen LogP contribution in [0.3, 0.4) is 0 Å². The molecule has 0 spiro atoms. The molecule has 1 aromatic heterocycles. The molecule has 0 N–H and O–H groups in total. The molecule has 2 heterocycles. The normalized spacial score (nSPS) is 12.9. The van der Waals surface area contributed by atoms with Crippen LogP contribution in [0.2, 0.25) is 0 Å². The van der Waals surface area contributed by atoms with E-state index in [0.29, 0.717) is 11.5 Å². The summed E-state index contributed by atoms with van der Waals surface area (Å²) in [6.45, 7) is 3.66. The number of carbonyl (C=O) groups excluding carboxylic acids is 1. The van der Waals surface area contributed by atoms with Gasteiger partial charge in [-0.1, -0.05) is 18.2 Å². The summed E-state index contributed by atoms with van der Waals surface area (Å²) >= 11 is 0. The van der Waals surface area contributed by atoms with Crippen molar-refractivity contribution in [3.63, 3.8) is 0 Å². The Hall–Kier alpha value is -3.08. The zero-order valence-electron chi connectivity index (χ0n) is 14.9. The van der Waals surface area contributed by atoms with Crippen LogP contribution < -0.4 is 4.90 Å². The first-order chi connectivity index (χ1) is 12.7. The Morgan fingerprint density at radius 3 is 2.73 bits per heavy atom. The van der Waals surface area contributed by atoms with E-state index in [1.807, 2.05) is 19.1 Å². The van der Waals surface area contributed by atoms with Gasteiger partial charge in [-0.3, -0.25) is 0 Å². The van der Waals surface area contributed by atoms with E-state index in [-0.39, 0.29) is 5.97 Å². The first-order valence-electron chi connectivity index (χ1n) is 8.63. The topological polar surface area (TPSA) is 55.6 Å². The summed E-state index contributed by atoms with van der Waals surface area (Å²) in [6, 6.07) is 15.6. The number of esters is 1. The first-order valence-corrected chi connectivity index (χ1v) is 8.63. The number of methoxy groups -OCH3 is 1. The van der Waals surface area contributed by atoms with Crippen LogP contribution in [0, 0.1) is 6.92 Å². The standard InChI is InChI=1S/C21H20N2O3/c1-14-18(13-23-12-11-15-5-3-4-6-19(15)23)22-20(26-14)16-7-9-17(10-8-16)21(24)25-2/h3-10H,11-13H2,1-2H3. The van der Waals surface area contributed by atoms with Crippen molar-refractivity contribution in [1.29, 1.82) is 0 Å². The Bertz CT molecular complexity index is 944. The zero-order chi connectivity index (χ0) is 18.1. The number of anilines is 1. The van der Waals surface area contributed by atoms with Crippen LogP contribution in [-0.2, 0) is 17.7 Å². The molecule has 0 bridgehead atoms.